The molecule has 8 nitrogen and oxygen atoms in total. The third kappa shape index (κ3) is 9.37. The summed E-state index contributed by atoms with van der Waals surface area (Å²) in [6.45, 7) is 5.57. The Morgan fingerprint density at radius 1 is 0.976 bits per heavy atom. The van der Waals surface area contributed by atoms with Crippen LogP contribution in [-0.4, -0.2) is 56.6 Å². The number of benzene rings is 3. The molecule has 42 heavy (non-hydrogen) atoms. The predicted molar refractivity (Wildman–Crippen MR) is 169 cm³/mol. The van der Waals surface area contributed by atoms with Gasteiger partial charge in [0, 0.05) is 29.1 Å². The van der Waals surface area contributed by atoms with Gasteiger partial charge in [0.05, 0.1) is 18.6 Å². The Hall–Kier alpha value is -3.27. The molecule has 3 rings (SSSR count). The van der Waals surface area contributed by atoms with Crippen molar-refractivity contribution in [3.63, 3.8) is 0 Å². The average molecular weight is 635 g/mol. The number of nitrogens with zero attached hydrogens (tertiary/aromatic N) is 2. The van der Waals surface area contributed by atoms with Crippen LogP contribution < -0.4 is 14.4 Å². The predicted octanol–water partition coefficient (Wildman–Crippen LogP) is 5.71. The number of rotatable bonds is 14. The van der Waals surface area contributed by atoms with E-state index in [0.717, 1.165) is 16.1 Å². The number of hydrogen-bond donors (Lipinski definition) is 1. The number of sulfonamides is 1. The zero-order valence-corrected chi connectivity index (χ0v) is 26.5. The summed E-state index contributed by atoms with van der Waals surface area (Å²) in [7, 11) is -3.89. The lowest BCUT2D eigenvalue weighted by Gasteiger charge is -2.34. The van der Waals surface area contributed by atoms with Crippen molar-refractivity contribution in [1.82, 2.24) is 10.2 Å². The molecule has 0 radical (unpaired) electrons. The third-order valence-corrected chi connectivity index (χ3v) is 8.47. The largest absolute Gasteiger partial charge is 0.494 e. The summed E-state index contributed by atoms with van der Waals surface area (Å²) in [5.74, 6) is -0.344. The van der Waals surface area contributed by atoms with Crippen molar-refractivity contribution in [1.29, 1.82) is 0 Å². The Bertz CT molecular complexity index is 1450. The highest BCUT2D eigenvalue weighted by Gasteiger charge is 2.33. The van der Waals surface area contributed by atoms with Crippen LogP contribution in [0, 0.1) is 0 Å². The first-order valence-electron chi connectivity index (χ1n) is 13.7. The van der Waals surface area contributed by atoms with E-state index in [1.807, 2.05) is 51.1 Å². The Balaban J connectivity index is 2.07. The van der Waals surface area contributed by atoms with Crippen LogP contribution in [-0.2, 0) is 32.6 Å². The lowest BCUT2D eigenvalue weighted by molar-refractivity contribution is -0.140. The maximum absolute atomic E-state index is 14.2. The summed E-state index contributed by atoms with van der Waals surface area (Å²) >= 11 is 12.6. The van der Waals surface area contributed by atoms with Crippen LogP contribution in [0.1, 0.15) is 38.3 Å². The lowest BCUT2D eigenvalue weighted by atomic mass is 10.0. The standard InChI is InChI=1S/C31H37Cl2N3O5S/c1-5-22(3)34-31(38)29(18-23-10-8-7-9-11-23)35(20-24-12-13-25(32)19-28(24)33)30(37)21-36(42(4,39)40)26-14-16-27(17-15-26)41-6-2/h7-17,19,22,29H,5-6,18,20-21H2,1-4H3,(H,34,38)/t22-,29+/m1/s1. The van der Waals surface area contributed by atoms with Gasteiger partial charge in [-0.05, 0) is 67.8 Å². The van der Waals surface area contributed by atoms with Crippen LogP contribution in [0.15, 0.2) is 72.8 Å². The van der Waals surface area contributed by atoms with Crippen LogP contribution in [0.2, 0.25) is 10.0 Å². The number of amides is 2. The van der Waals surface area contributed by atoms with Crippen LogP contribution in [0.3, 0.4) is 0 Å². The molecule has 0 aliphatic carbocycles. The fourth-order valence-electron chi connectivity index (χ4n) is 4.32. The molecule has 11 heteroatoms. The summed E-state index contributed by atoms with van der Waals surface area (Å²) in [4.78, 5) is 29.3. The molecule has 0 unspecified atom stereocenters. The van der Waals surface area contributed by atoms with Gasteiger partial charge in [0.25, 0.3) is 0 Å². The average Bonchev–Trinajstić information content (AvgIpc) is 2.95. The molecule has 0 aromatic heterocycles. The molecular formula is C31H37Cl2N3O5S. The number of halogens is 2. The van der Waals surface area contributed by atoms with Gasteiger partial charge in [-0.25, -0.2) is 8.42 Å². The fraction of sp³-hybridized carbons (Fsp3) is 0.355. The summed E-state index contributed by atoms with van der Waals surface area (Å²) in [6.07, 6.45) is 1.94. The molecule has 0 aliphatic rings. The van der Waals surface area contributed by atoms with Crippen molar-refractivity contribution in [2.24, 2.45) is 0 Å². The molecular weight excluding hydrogens is 597 g/mol. The molecule has 0 saturated heterocycles. The molecule has 0 aliphatic heterocycles. The zero-order valence-electron chi connectivity index (χ0n) is 24.2. The van der Waals surface area contributed by atoms with Crippen molar-refractivity contribution in [2.75, 3.05) is 23.7 Å². The second-order valence-corrected chi connectivity index (χ2v) is 12.7. The van der Waals surface area contributed by atoms with E-state index in [4.69, 9.17) is 27.9 Å². The number of anilines is 1. The second kappa shape index (κ2) is 15.3. The van der Waals surface area contributed by atoms with E-state index < -0.39 is 28.5 Å². The van der Waals surface area contributed by atoms with Crippen LogP contribution in [0.4, 0.5) is 5.69 Å². The third-order valence-electron chi connectivity index (χ3n) is 6.74. The van der Waals surface area contributed by atoms with Gasteiger partial charge in [-0.1, -0.05) is 66.5 Å². The van der Waals surface area contributed by atoms with Gasteiger partial charge in [0.15, 0.2) is 0 Å². The Kier molecular flexibility index (Phi) is 12.1. The molecule has 3 aromatic rings. The van der Waals surface area contributed by atoms with E-state index >= 15 is 0 Å². The van der Waals surface area contributed by atoms with Crippen molar-refractivity contribution in [3.8, 4) is 5.75 Å². The number of nitrogens with one attached hydrogen (secondary N) is 1. The quantitative estimate of drug-likeness (QED) is 0.245. The Morgan fingerprint density at radius 3 is 2.21 bits per heavy atom. The van der Waals surface area contributed by atoms with Gasteiger partial charge < -0.3 is 15.0 Å². The minimum atomic E-state index is -3.89. The molecule has 1 N–H and O–H groups in total. The van der Waals surface area contributed by atoms with Gasteiger partial charge in [0.1, 0.15) is 18.3 Å². The number of carbonyl (C=O) groups is 2. The summed E-state index contributed by atoms with van der Waals surface area (Å²) in [5.41, 5.74) is 1.70. The van der Waals surface area contributed by atoms with E-state index in [9.17, 15) is 18.0 Å². The second-order valence-electron chi connectivity index (χ2n) is 9.98. The van der Waals surface area contributed by atoms with Gasteiger partial charge in [0.2, 0.25) is 21.8 Å². The van der Waals surface area contributed by atoms with Crippen molar-refractivity contribution < 1.29 is 22.7 Å². The molecule has 2 amide bonds. The van der Waals surface area contributed by atoms with E-state index in [2.05, 4.69) is 5.32 Å². The highest BCUT2D eigenvalue weighted by atomic mass is 35.5. The van der Waals surface area contributed by atoms with E-state index in [0.29, 0.717) is 40.1 Å². The molecule has 0 fully saturated rings. The maximum atomic E-state index is 14.2. The van der Waals surface area contributed by atoms with Crippen LogP contribution >= 0.6 is 23.2 Å². The van der Waals surface area contributed by atoms with Crippen molar-refractivity contribution >= 4 is 50.7 Å². The zero-order chi connectivity index (χ0) is 30.9. The minimum Gasteiger partial charge on any atom is -0.494 e. The molecule has 0 heterocycles. The van der Waals surface area contributed by atoms with E-state index in [1.54, 1.807) is 42.5 Å². The van der Waals surface area contributed by atoms with Gasteiger partial charge in [-0.15, -0.1) is 0 Å². The highest BCUT2D eigenvalue weighted by molar-refractivity contribution is 7.92. The SMILES string of the molecule is CCOc1ccc(N(CC(=O)N(Cc2ccc(Cl)cc2Cl)[C@@H](Cc2ccccc2)C(=O)N[C@H](C)CC)S(C)(=O)=O)cc1. The first-order valence-corrected chi connectivity index (χ1v) is 16.3. The summed E-state index contributed by atoms with van der Waals surface area (Å²) in [5, 5.41) is 3.75. The number of hydrogen-bond acceptors (Lipinski definition) is 5. The first-order chi connectivity index (χ1) is 19.9. The molecule has 0 saturated carbocycles. The van der Waals surface area contributed by atoms with E-state index in [-0.39, 0.29) is 24.9 Å². The van der Waals surface area contributed by atoms with Crippen LogP contribution in [0.5, 0.6) is 5.75 Å². The summed E-state index contributed by atoms with van der Waals surface area (Å²) in [6, 6.07) is 19.6. The van der Waals surface area contributed by atoms with E-state index in [1.165, 1.54) is 4.90 Å². The van der Waals surface area contributed by atoms with Gasteiger partial charge in [-0.2, -0.15) is 0 Å². The normalized spacial score (nSPS) is 12.7. The fourth-order valence-corrected chi connectivity index (χ4v) is 5.64. The van der Waals surface area contributed by atoms with Gasteiger partial charge >= 0.3 is 0 Å². The molecule has 0 bridgehead atoms. The molecule has 2 atom stereocenters. The van der Waals surface area contributed by atoms with Crippen molar-refractivity contribution in [3.05, 3.63) is 94.0 Å². The molecule has 226 valence electrons. The first kappa shape index (κ1) is 33.2. The van der Waals surface area contributed by atoms with Crippen molar-refractivity contribution in [2.45, 2.75) is 52.2 Å². The van der Waals surface area contributed by atoms with Gasteiger partial charge in [-0.3, -0.25) is 13.9 Å². The number of carbonyl (C=O) groups excluding carboxylic acids is 2. The topological polar surface area (TPSA) is 96.0 Å². The van der Waals surface area contributed by atoms with Crippen LogP contribution in [0.25, 0.3) is 0 Å². The number of ether oxygens (including phenoxy) is 1. The monoisotopic (exact) mass is 633 g/mol. The summed E-state index contributed by atoms with van der Waals surface area (Å²) < 4.78 is 32.4. The molecule has 3 aromatic carbocycles. The maximum Gasteiger partial charge on any atom is 0.244 e. The Morgan fingerprint density at radius 2 is 1.64 bits per heavy atom. The lowest BCUT2D eigenvalue weighted by Crippen LogP contribution is -2.54. The Labute approximate surface area is 258 Å². The molecule has 0 spiro atoms. The minimum absolute atomic E-state index is 0.0405. The smallest absolute Gasteiger partial charge is 0.244 e. The highest BCUT2D eigenvalue weighted by Crippen LogP contribution is 2.26.